The van der Waals surface area contributed by atoms with Gasteiger partial charge in [0.2, 0.25) is 0 Å². The summed E-state index contributed by atoms with van der Waals surface area (Å²) in [6.07, 6.45) is 1.94. The minimum Gasteiger partial charge on any atom is -0.465 e. The molecule has 0 fully saturated rings. The van der Waals surface area contributed by atoms with E-state index < -0.39 is 0 Å². The molecular formula is C21H22N2O2S. The lowest BCUT2D eigenvalue weighted by atomic mass is 10.1. The van der Waals surface area contributed by atoms with Gasteiger partial charge >= 0.3 is 5.97 Å². The van der Waals surface area contributed by atoms with Crippen molar-refractivity contribution in [3.63, 3.8) is 0 Å². The normalized spacial score (nSPS) is 10.6. The van der Waals surface area contributed by atoms with Crippen LogP contribution in [-0.4, -0.2) is 24.6 Å². The Morgan fingerprint density at radius 3 is 2.42 bits per heavy atom. The molecule has 0 spiro atoms. The second kappa shape index (κ2) is 8.15. The Labute approximate surface area is 158 Å². The highest BCUT2D eigenvalue weighted by Crippen LogP contribution is 2.31. The molecule has 0 radical (unpaired) electrons. The first-order valence-electron chi connectivity index (χ1n) is 8.55. The molecule has 0 atom stereocenters. The molecule has 3 aromatic rings. The van der Waals surface area contributed by atoms with E-state index in [2.05, 4.69) is 48.0 Å². The minimum atomic E-state index is -0.313. The summed E-state index contributed by atoms with van der Waals surface area (Å²) < 4.78 is 4.74. The standard InChI is InChI=1S/C21H22N2O2S/c1-4-23(14-16-7-11-18(12-8-16)20(24)25-3)21-22-13-19(26-21)17-9-5-15(2)6-10-17/h5-13H,4,14H2,1-3H3. The van der Waals surface area contributed by atoms with Gasteiger partial charge in [0, 0.05) is 19.3 Å². The number of esters is 1. The first-order chi connectivity index (χ1) is 12.6. The van der Waals surface area contributed by atoms with Crippen LogP contribution in [0.1, 0.15) is 28.4 Å². The van der Waals surface area contributed by atoms with Gasteiger partial charge in [0.1, 0.15) is 0 Å². The fourth-order valence-corrected chi connectivity index (χ4v) is 3.65. The molecule has 0 unspecified atom stereocenters. The van der Waals surface area contributed by atoms with Crippen molar-refractivity contribution in [1.29, 1.82) is 0 Å². The number of nitrogens with zero attached hydrogens (tertiary/aromatic N) is 2. The van der Waals surface area contributed by atoms with Crippen LogP contribution < -0.4 is 4.90 Å². The first kappa shape index (κ1) is 18.1. The SMILES string of the molecule is CCN(Cc1ccc(C(=O)OC)cc1)c1ncc(-c2ccc(C)cc2)s1. The van der Waals surface area contributed by atoms with Crippen LogP contribution in [0.4, 0.5) is 5.13 Å². The third kappa shape index (κ3) is 4.11. The molecule has 0 aliphatic carbocycles. The second-order valence-electron chi connectivity index (χ2n) is 6.08. The summed E-state index contributed by atoms with van der Waals surface area (Å²) in [5, 5.41) is 1.00. The number of carbonyl (C=O) groups excluding carboxylic acids is 1. The molecule has 0 saturated heterocycles. The summed E-state index contributed by atoms with van der Waals surface area (Å²) in [4.78, 5) is 19.6. The van der Waals surface area contributed by atoms with Crippen molar-refractivity contribution >= 4 is 22.4 Å². The van der Waals surface area contributed by atoms with Crippen LogP contribution in [0, 0.1) is 6.92 Å². The highest BCUT2D eigenvalue weighted by atomic mass is 32.1. The van der Waals surface area contributed by atoms with Crippen molar-refractivity contribution in [1.82, 2.24) is 4.98 Å². The van der Waals surface area contributed by atoms with E-state index in [9.17, 15) is 4.79 Å². The Morgan fingerprint density at radius 1 is 1.12 bits per heavy atom. The average molecular weight is 366 g/mol. The van der Waals surface area contributed by atoms with Gasteiger partial charge in [0.15, 0.2) is 5.13 Å². The number of aryl methyl sites for hydroxylation is 1. The van der Waals surface area contributed by atoms with Crippen LogP contribution in [0.2, 0.25) is 0 Å². The summed E-state index contributed by atoms with van der Waals surface area (Å²) >= 11 is 1.70. The maximum absolute atomic E-state index is 11.5. The lowest BCUT2D eigenvalue weighted by Crippen LogP contribution is -2.21. The second-order valence-corrected chi connectivity index (χ2v) is 7.08. The molecule has 5 heteroatoms. The summed E-state index contributed by atoms with van der Waals surface area (Å²) in [5.74, 6) is -0.313. The van der Waals surface area contributed by atoms with E-state index in [-0.39, 0.29) is 5.97 Å². The molecule has 1 heterocycles. The zero-order chi connectivity index (χ0) is 18.5. The van der Waals surface area contributed by atoms with E-state index >= 15 is 0 Å². The van der Waals surface area contributed by atoms with Crippen LogP contribution in [-0.2, 0) is 11.3 Å². The van der Waals surface area contributed by atoms with E-state index in [4.69, 9.17) is 4.74 Å². The lowest BCUT2D eigenvalue weighted by molar-refractivity contribution is 0.0600. The van der Waals surface area contributed by atoms with Crippen LogP contribution in [0.15, 0.2) is 54.7 Å². The topological polar surface area (TPSA) is 42.4 Å². The number of methoxy groups -OCH3 is 1. The number of carbonyl (C=O) groups is 1. The van der Waals surface area contributed by atoms with E-state index in [0.29, 0.717) is 5.56 Å². The summed E-state index contributed by atoms with van der Waals surface area (Å²) in [6.45, 7) is 5.82. The Hall–Kier alpha value is -2.66. The van der Waals surface area contributed by atoms with Crippen LogP contribution >= 0.6 is 11.3 Å². The van der Waals surface area contributed by atoms with Crippen LogP contribution in [0.5, 0.6) is 0 Å². The van der Waals surface area contributed by atoms with Crippen LogP contribution in [0.25, 0.3) is 10.4 Å². The molecule has 4 nitrogen and oxygen atoms in total. The maximum atomic E-state index is 11.5. The number of ether oxygens (including phenoxy) is 1. The lowest BCUT2D eigenvalue weighted by Gasteiger charge is -2.19. The highest BCUT2D eigenvalue weighted by molar-refractivity contribution is 7.18. The van der Waals surface area contributed by atoms with Crippen molar-refractivity contribution < 1.29 is 9.53 Å². The number of rotatable bonds is 6. The molecule has 0 bridgehead atoms. The van der Waals surface area contributed by atoms with Gasteiger partial charge in [0.05, 0.1) is 17.6 Å². The maximum Gasteiger partial charge on any atom is 0.337 e. The highest BCUT2D eigenvalue weighted by Gasteiger charge is 2.12. The number of hydrogen-bond donors (Lipinski definition) is 0. The predicted octanol–water partition coefficient (Wildman–Crippen LogP) is 4.93. The van der Waals surface area contributed by atoms with Gasteiger partial charge in [-0.1, -0.05) is 53.3 Å². The van der Waals surface area contributed by atoms with Crippen molar-refractivity contribution in [3.05, 3.63) is 71.4 Å². The zero-order valence-corrected chi connectivity index (χ0v) is 16.0. The van der Waals surface area contributed by atoms with E-state index in [1.54, 1.807) is 23.5 Å². The molecular weight excluding hydrogens is 344 g/mol. The predicted molar refractivity (Wildman–Crippen MR) is 107 cm³/mol. The van der Waals surface area contributed by atoms with Crippen molar-refractivity contribution in [2.24, 2.45) is 0 Å². The molecule has 134 valence electrons. The number of hydrogen-bond acceptors (Lipinski definition) is 5. The molecule has 0 aliphatic rings. The van der Waals surface area contributed by atoms with E-state index in [0.717, 1.165) is 23.8 Å². The third-order valence-electron chi connectivity index (χ3n) is 4.23. The zero-order valence-electron chi connectivity index (χ0n) is 15.2. The van der Waals surface area contributed by atoms with Crippen molar-refractivity contribution in [2.45, 2.75) is 20.4 Å². The number of aromatic nitrogens is 1. The number of thiazole rings is 1. The van der Waals surface area contributed by atoms with E-state index in [1.165, 1.54) is 23.1 Å². The molecule has 0 saturated carbocycles. The third-order valence-corrected chi connectivity index (χ3v) is 5.34. The van der Waals surface area contributed by atoms with E-state index in [1.807, 2.05) is 18.3 Å². The molecule has 0 aliphatic heterocycles. The molecule has 3 rings (SSSR count). The summed E-state index contributed by atoms with van der Waals surface area (Å²) in [6, 6.07) is 16.0. The Kier molecular flexibility index (Phi) is 5.68. The van der Waals surface area contributed by atoms with Crippen LogP contribution in [0.3, 0.4) is 0 Å². The largest absolute Gasteiger partial charge is 0.465 e. The minimum absolute atomic E-state index is 0.313. The van der Waals surface area contributed by atoms with Gasteiger partial charge in [-0.15, -0.1) is 0 Å². The van der Waals surface area contributed by atoms with Gasteiger partial charge < -0.3 is 9.64 Å². The van der Waals surface area contributed by atoms with Gasteiger partial charge in [-0.2, -0.15) is 0 Å². The average Bonchev–Trinajstić information content (AvgIpc) is 3.16. The van der Waals surface area contributed by atoms with Gasteiger partial charge in [0.25, 0.3) is 0 Å². The molecule has 0 amide bonds. The molecule has 2 aromatic carbocycles. The van der Waals surface area contributed by atoms with Gasteiger partial charge in [-0.05, 0) is 37.1 Å². The summed E-state index contributed by atoms with van der Waals surface area (Å²) in [7, 11) is 1.39. The first-order valence-corrected chi connectivity index (χ1v) is 9.37. The number of benzene rings is 2. The van der Waals surface area contributed by atoms with Crippen molar-refractivity contribution in [2.75, 3.05) is 18.6 Å². The Morgan fingerprint density at radius 2 is 1.81 bits per heavy atom. The Bertz CT molecular complexity index is 870. The monoisotopic (exact) mass is 366 g/mol. The molecule has 1 aromatic heterocycles. The fraction of sp³-hybridized carbons (Fsp3) is 0.238. The van der Waals surface area contributed by atoms with Gasteiger partial charge in [-0.25, -0.2) is 9.78 Å². The summed E-state index contributed by atoms with van der Waals surface area (Å²) in [5.41, 5.74) is 4.14. The fourth-order valence-electron chi connectivity index (χ4n) is 2.66. The molecule has 26 heavy (non-hydrogen) atoms. The Balaban J connectivity index is 1.75. The van der Waals surface area contributed by atoms with Gasteiger partial charge in [-0.3, -0.25) is 0 Å². The molecule has 0 N–H and O–H groups in total. The van der Waals surface area contributed by atoms with Crippen molar-refractivity contribution in [3.8, 4) is 10.4 Å². The number of anilines is 1. The smallest absolute Gasteiger partial charge is 0.337 e. The quantitative estimate of drug-likeness (QED) is 0.580.